The van der Waals surface area contributed by atoms with Crippen LogP contribution >= 0.6 is 0 Å². The van der Waals surface area contributed by atoms with Crippen LogP contribution in [0.1, 0.15) is 5.76 Å². The first-order valence-corrected chi connectivity index (χ1v) is 13.0. The van der Waals surface area contributed by atoms with E-state index in [0.717, 1.165) is 0 Å². The summed E-state index contributed by atoms with van der Waals surface area (Å²) in [6.07, 6.45) is -16.2. The van der Waals surface area contributed by atoms with Crippen LogP contribution in [0.2, 0.25) is 0 Å². The molecule has 2 aliphatic rings. The molecule has 0 aliphatic carbocycles. The zero-order valence-corrected chi connectivity index (χ0v) is 22.4. The number of phenols is 1. The van der Waals surface area contributed by atoms with E-state index in [1.807, 2.05) is 0 Å². The molecule has 1 aromatic heterocycles. The second-order valence-corrected chi connectivity index (χ2v) is 10.2. The van der Waals surface area contributed by atoms with Gasteiger partial charge in [0, 0.05) is 6.07 Å². The summed E-state index contributed by atoms with van der Waals surface area (Å²) in [5, 5.41) is 83.1. The number of aliphatic hydroxyl groups excluding tert-OH is 7. The second-order valence-electron chi connectivity index (χ2n) is 10.2. The maximum atomic E-state index is 12.6. The van der Waals surface area contributed by atoms with Gasteiger partial charge >= 0.3 is 5.63 Å². The molecule has 2 fully saturated rings. The summed E-state index contributed by atoms with van der Waals surface area (Å²) in [6.45, 7) is 0.330. The van der Waals surface area contributed by atoms with Gasteiger partial charge < -0.3 is 69.0 Å². The molecule has 0 spiro atoms. The average molecular weight is 597 g/mol. The fourth-order valence-corrected chi connectivity index (χ4v) is 5.14. The lowest BCUT2D eigenvalue weighted by molar-refractivity contribution is -0.323. The van der Waals surface area contributed by atoms with Crippen LogP contribution in [0.25, 0.3) is 21.5 Å². The van der Waals surface area contributed by atoms with Gasteiger partial charge in [-0.05, 0) is 35.9 Å². The number of rotatable bonds is 7. The normalized spacial score (nSPS) is 33.6. The van der Waals surface area contributed by atoms with Crippen LogP contribution in [-0.2, 0) is 14.2 Å². The van der Waals surface area contributed by atoms with Gasteiger partial charge in [-0.1, -0.05) is 0 Å². The Kier molecular flexibility index (Phi) is 8.60. The van der Waals surface area contributed by atoms with Gasteiger partial charge in [0.25, 0.3) is 0 Å². The van der Waals surface area contributed by atoms with Gasteiger partial charge in [0.2, 0.25) is 6.29 Å². The van der Waals surface area contributed by atoms with Crippen molar-refractivity contribution >= 4 is 21.5 Å². The van der Waals surface area contributed by atoms with Crippen LogP contribution < -0.4 is 15.1 Å². The number of aliphatic hydroxyl groups is 7. The van der Waals surface area contributed by atoms with Gasteiger partial charge in [-0.15, -0.1) is 0 Å². The Morgan fingerprint density at radius 1 is 0.786 bits per heavy atom. The van der Waals surface area contributed by atoms with Crippen molar-refractivity contribution in [1.82, 2.24) is 0 Å². The molecule has 3 aromatic rings. The number of phenolic OH excluding ortho intramolecular Hbond substituents is 1. The number of benzene rings is 2. The number of hydrogen-bond donors (Lipinski definition) is 8. The fraction of sp³-hybridized carbons (Fsp3) is 0.519. The summed E-state index contributed by atoms with van der Waals surface area (Å²) < 4.78 is 32.8. The molecule has 42 heavy (non-hydrogen) atoms. The van der Waals surface area contributed by atoms with Crippen molar-refractivity contribution in [3.63, 3.8) is 0 Å². The smallest absolute Gasteiger partial charge is 0.347 e. The van der Waals surface area contributed by atoms with Gasteiger partial charge in [-0.25, -0.2) is 4.79 Å². The molecule has 0 unspecified atom stereocenters. The quantitative estimate of drug-likeness (QED) is 0.137. The summed E-state index contributed by atoms with van der Waals surface area (Å²) in [7, 11) is 1.39. The molecule has 2 aromatic carbocycles. The lowest BCUT2D eigenvalue weighted by atomic mass is 9.98. The first kappa shape index (κ1) is 30.4. The molecule has 0 amide bonds. The lowest BCUT2D eigenvalue weighted by Gasteiger charge is -2.42. The van der Waals surface area contributed by atoms with E-state index in [4.69, 9.17) is 28.1 Å². The summed E-state index contributed by atoms with van der Waals surface area (Å²) >= 11 is 0. The molecule has 2 saturated heterocycles. The van der Waals surface area contributed by atoms with Crippen LogP contribution in [0.3, 0.4) is 0 Å². The van der Waals surface area contributed by atoms with Gasteiger partial charge in [0.15, 0.2) is 6.29 Å². The molecular weight excluding hydrogens is 564 g/mol. The van der Waals surface area contributed by atoms with Crippen LogP contribution in [0.15, 0.2) is 33.5 Å². The number of methoxy groups -OCH3 is 1. The maximum Gasteiger partial charge on any atom is 0.347 e. The SMILES string of the molecule is COc1cc(O[C@H]2O[C@H](CO[C@H]3O[C@H](CO)[C@H](O)[C@@H](O)[C@H]3O)[C@H](O)[C@@H](O)[C@H]2O)c2c(O)c3c(=O)oc(C)cc3cc2c1. The minimum Gasteiger partial charge on any atom is -0.506 e. The van der Waals surface area contributed by atoms with Gasteiger partial charge in [0.05, 0.1) is 25.7 Å². The highest BCUT2D eigenvalue weighted by atomic mass is 16.7. The molecule has 15 nitrogen and oxygen atoms in total. The summed E-state index contributed by atoms with van der Waals surface area (Å²) in [5.74, 6) is 0.0328. The van der Waals surface area contributed by atoms with Crippen LogP contribution in [0, 0.1) is 6.92 Å². The van der Waals surface area contributed by atoms with Gasteiger partial charge in [-0.2, -0.15) is 0 Å². The molecule has 10 atom stereocenters. The standard InChI is InChI=1S/C27H32O15/c1-9-3-10-4-11-5-12(37-2)6-13(16(11)20(31)17(10)25(36)39-9)40-27-24(35)22(33)19(30)15(42-27)8-38-26-23(34)21(32)18(29)14(7-28)41-26/h3-6,14-15,18-19,21-24,26-35H,7-8H2,1-2H3/t14-,15-,18+,19+,21-,22-,23-,24-,26+,27+/m1/s1. The molecule has 5 rings (SSSR count). The van der Waals surface area contributed by atoms with Crippen molar-refractivity contribution in [1.29, 1.82) is 0 Å². The molecule has 15 heteroatoms. The number of hydrogen-bond acceptors (Lipinski definition) is 15. The molecule has 230 valence electrons. The zero-order chi connectivity index (χ0) is 30.5. The van der Waals surface area contributed by atoms with Crippen LogP contribution in [-0.4, -0.2) is 123 Å². The van der Waals surface area contributed by atoms with Crippen LogP contribution in [0.4, 0.5) is 0 Å². The van der Waals surface area contributed by atoms with E-state index in [-0.39, 0.29) is 22.3 Å². The number of aromatic hydroxyl groups is 1. The third kappa shape index (κ3) is 5.40. The van der Waals surface area contributed by atoms with Crippen molar-refractivity contribution in [2.24, 2.45) is 0 Å². The first-order chi connectivity index (χ1) is 19.9. The monoisotopic (exact) mass is 596 g/mol. The second kappa shape index (κ2) is 11.9. The Hall–Kier alpha value is -3.09. The van der Waals surface area contributed by atoms with E-state index in [1.165, 1.54) is 13.2 Å². The first-order valence-electron chi connectivity index (χ1n) is 13.0. The predicted octanol–water partition coefficient (Wildman–Crippen LogP) is -2.03. The Balaban J connectivity index is 1.44. The zero-order valence-electron chi connectivity index (χ0n) is 22.4. The molecule has 0 saturated carbocycles. The van der Waals surface area contributed by atoms with Gasteiger partial charge in [0.1, 0.15) is 77.2 Å². The van der Waals surface area contributed by atoms with Crippen molar-refractivity contribution in [2.45, 2.75) is 68.3 Å². The molecule has 2 aliphatic heterocycles. The Morgan fingerprint density at radius 3 is 2.07 bits per heavy atom. The van der Waals surface area contributed by atoms with E-state index in [2.05, 4.69) is 0 Å². The minimum absolute atomic E-state index is 0.0463. The summed E-state index contributed by atoms with van der Waals surface area (Å²) in [4.78, 5) is 12.6. The maximum absolute atomic E-state index is 12.6. The van der Waals surface area contributed by atoms with E-state index in [1.54, 1.807) is 25.1 Å². The van der Waals surface area contributed by atoms with Crippen molar-refractivity contribution < 1.29 is 69.0 Å². The van der Waals surface area contributed by atoms with E-state index < -0.39 is 86.0 Å². The highest BCUT2D eigenvalue weighted by Gasteiger charge is 2.48. The van der Waals surface area contributed by atoms with Gasteiger partial charge in [-0.3, -0.25) is 0 Å². The predicted molar refractivity (Wildman–Crippen MR) is 140 cm³/mol. The van der Waals surface area contributed by atoms with Crippen molar-refractivity contribution in [3.05, 3.63) is 40.4 Å². The van der Waals surface area contributed by atoms with E-state index >= 15 is 0 Å². The highest BCUT2D eigenvalue weighted by molar-refractivity contribution is 6.07. The molecule has 3 heterocycles. The average Bonchev–Trinajstić information content (AvgIpc) is 2.95. The molecule has 0 radical (unpaired) electrons. The highest BCUT2D eigenvalue weighted by Crippen LogP contribution is 2.42. The molecular formula is C27H32O15. The van der Waals surface area contributed by atoms with E-state index in [9.17, 15) is 45.6 Å². The number of fused-ring (bicyclic) bond motifs is 2. The fourth-order valence-electron chi connectivity index (χ4n) is 5.14. The molecule has 8 N–H and O–H groups in total. The Bertz CT molecular complexity index is 1490. The minimum atomic E-state index is -1.81. The van der Waals surface area contributed by atoms with Crippen LogP contribution in [0.5, 0.6) is 17.2 Å². The third-order valence-electron chi connectivity index (χ3n) is 7.42. The van der Waals surface area contributed by atoms with E-state index in [0.29, 0.717) is 16.5 Å². The summed E-state index contributed by atoms with van der Waals surface area (Å²) in [5.41, 5.74) is -0.788. The number of aryl methyl sites for hydroxylation is 1. The Morgan fingerprint density at radius 2 is 1.40 bits per heavy atom. The third-order valence-corrected chi connectivity index (χ3v) is 7.42. The number of ether oxygens (including phenoxy) is 5. The molecule has 0 bridgehead atoms. The lowest BCUT2D eigenvalue weighted by Crippen LogP contribution is -2.62. The van der Waals surface area contributed by atoms with Crippen molar-refractivity contribution in [3.8, 4) is 17.2 Å². The summed E-state index contributed by atoms with van der Waals surface area (Å²) in [6, 6.07) is 6.12. The largest absolute Gasteiger partial charge is 0.506 e. The topological polar surface area (TPSA) is 238 Å². The van der Waals surface area contributed by atoms with Crippen molar-refractivity contribution in [2.75, 3.05) is 20.3 Å². The Labute approximate surface area is 237 Å².